The van der Waals surface area contributed by atoms with E-state index in [1.807, 2.05) is 13.8 Å². The van der Waals surface area contributed by atoms with Crippen molar-refractivity contribution in [2.45, 2.75) is 65.9 Å². The molecular weight excluding hydrogens is 286 g/mol. The van der Waals surface area contributed by atoms with E-state index in [2.05, 4.69) is 5.32 Å². The SMILES string of the molecule is CCC(C)[C@H](CC(=O)CCCNC(=O)OC(C)(C)C)C(=O)O. The van der Waals surface area contributed by atoms with Crippen molar-refractivity contribution in [2.75, 3.05) is 6.54 Å². The first-order valence-corrected chi connectivity index (χ1v) is 7.78. The van der Waals surface area contributed by atoms with E-state index in [9.17, 15) is 14.4 Å². The Morgan fingerprint density at radius 2 is 1.82 bits per heavy atom. The molecular formula is C16H29NO5. The number of ether oxygens (including phenoxy) is 1. The van der Waals surface area contributed by atoms with Gasteiger partial charge in [0.25, 0.3) is 0 Å². The zero-order valence-corrected chi connectivity index (χ0v) is 14.3. The summed E-state index contributed by atoms with van der Waals surface area (Å²) in [5.74, 6) is -1.66. The van der Waals surface area contributed by atoms with Crippen LogP contribution in [0.1, 0.15) is 60.3 Å². The summed E-state index contributed by atoms with van der Waals surface area (Å²) in [7, 11) is 0. The van der Waals surface area contributed by atoms with Crippen LogP contribution in [0.5, 0.6) is 0 Å². The summed E-state index contributed by atoms with van der Waals surface area (Å²) >= 11 is 0. The van der Waals surface area contributed by atoms with Gasteiger partial charge in [-0.1, -0.05) is 20.3 Å². The number of carboxylic acid groups (broad SMARTS) is 1. The first-order chi connectivity index (χ1) is 10.1. The predicted octanol–water partition coefficient (Wildman–Crippen LogP) is 3.00. The average molecular weight is 315 g/mol. The fraction of sp³-hybridized carbons (Fsp3) is 0.812. The van der Waals surface area contributed by atoms with Gasteiger partial charge in [-0.2, -0.15) is 0 Å². The summed E-state index contributed by atoms with van der Waals surface area (Å²) in [6.07, 6.45) is 1.00. The van der Waals surface area contributed by atoms with Crippen LogP contribution in [0.2, 0.25) is 0 Å². The van der Waals surface area contributed by atoms with Crippen molar-refractivity contribution in [2.24, 2.45) is 11.8 Å². The van der Waals surface area contributed by atoms with Gasteiger partial charge in [0.15, 0.2) is 0 Å². The van der Waals surface area contributed by atoms with Gasteiger partial charge >= 0.3 is 12.1 Å². The van der Waals surface area contributed by atoms with E-state index >= 15 is 0 Å². The van der Waals surface area contributed by atoms with Crippen LogP contribution in [-0.4, -0.2) is 35.1 Å². The molecule has 0 aromatic heterocycles. The molecule has 0 saturated carbocycles. The van der Waals surface area contributed by atoms with Crippen molar-refractivity contribution in [1.82, 2.24) is 5.32 Å². The third kappa shape index (κ3) is 9.37. The Bertz CT molecular complexity index is 386. The number of Topliss-reactive ketones (excluding diaryl/α,β-unsaturated/α-hetero) is 1. The molecule has 1 unspecified atom stereocenters. The maximum Gasteiger partial charge on any atom is 0.407 e. The van der Waals surface area contributed by atoms with Crippen LogP contribution in [0.3, 0.4) is 0 Å². The molecule has 6 nitrogen and oxygen atoms in total. The van der Waals surface area contributed by atoms with Gasteiger partial charge in [-0.3, -0.25) is 9.59 Å². The lowest BCUT2D eigenvalue weighted by atomic mass is 9.87. The average Bonchev–Trinajstić information content (AvgIpc) is 2.37. The van der Waals surface area contributed by atoms with Crippen LogP contribution >= 0.6 is 0 Å². The van der Waals surface area contributed by atoms with Gasteiger partial charge < -0.3 is 15.2 Å². The molecule has 0 aliphatic rings. The maximum atomic E-state index is 11.8. The van der Waals surface area contributed by atoms with E-state index in [-0.39, 0.29) is 24.5 Å². The Labute approximate surface area is 132 Å². The standard InChI is InChI=1S/C16H29NO5/c1-6-11(2)13(14(19)20)10-12(18)8-7-9-17-15(21)22-16(3,4)5/h11,13H,6-10H2,1-5H3,(H,17,21)(H,19,20)/t11?,13-/m0/s1. The number of hydrogen-bond acceptors (Lipinski definition) is 4. The molecule has 2 atom stereocenters. The predicted molar refractivity (Wildman–Crippen MR) is 83.7 cm³/mol. The van der Waals surface area contributed by atoms with Gasteiger partial charge in [0, 0.05) is 19.4 Å². The second-order valence-electron chi connectivity index (χ2n) is 6.61. The quantitative estimate of drug-likeness (QED) is 0.638. The second-order valence-corrected chi connectivity index (χ2v) is 6.61. The highest BCUT2D eigenvalue weighted by molar-refractivity contribution is 5.84. The monoisotopic (exact) mass is 315 g/mol. The molecule has 0 rings (SSSR count). The molecule has 1 amide bonds. The lowest BCUT2D eigenvalue weighted by Gasteiger charge is -2.19. The number of amides is 1. The number of aliphatic carboxylic acids is 1. The minimum Gasteiger partial charge on any atom is -0.481 e. The summed E-state index contributed by atoms with van der Waals surface area (Å²) < 4.78 is 5.07. The van der Waals surface area contributed by atoms with E-state index in [0.717, 1.165) is 6.42 Å². The van der Waals surface area contributed by atoms with E-state index in [1.54, 1.807) is 20.8 Å². The highest BCUT2D eigenvalue weighted by Crippen LogP contribution is 2.20. The molecule has 22 heavy (non-hydrogen) atoms. The zero-order chi connectivity index (χ0) is 17.3. The zero-order valence-electron chi connectivity index (χ0n) is 14.3. The minimum absolute atomic E-state index is 0.0265. The van der Waals surface area contributed by atoms with Gasteiger partial charge in [0.1, 0.15) is 11.4 Å². The molecule has 0 fully saturated rings. The van der Waals surface area contributed by atoms with Crippen molar-refractivity contribution in [1.29, 1.82) is 0 Å². The number of carbonyl (C=O) groups is 3. The molecule has 0 saturated heterocycles. The number of carbonyl (C=O) groups excluding carboxylic acids is 2. The normalized spacial score (nSPS) is 14.0. The molecule has 6 heteroatoms. The van der Waals surface area contributed by atoms with Gasteiger partial charge in [-0.25, -0.2) is 4.79 Å². The third-order valence-electron chi connectivity index (χ3n) is 3.40. The molecule has 0 heterocycles. The first-order valence-electron chi connectivity index (χ1n) is 7.78. The van der Waals surface area contributed by atoms with E-state index in [1.165, 1.54) is 0 Å². The summed E-state index contributed by atoms with van der Waals surface area (Å²) in [5.41, 5.74) is -0.551. The number of rotatable bonds is 9. The van der Waals surface area contributed by atoms with Crippen molar-refractivity contribution in [3.05, 3.63) is 0 Å². The highest BCUT2D eigenvalue weighted by atomic mass is 16.6. The van der Waals surface area contributed by atoms with E-state index in [0.29, 0.717) is 13.0 Å². The summed E-state index contributed by atoms with van der Waals surface area (Å²) in [5, 5.41) is 11.7. The molecule has 0 aliphatic heterocycles. The van der Waals surface area contributed by atoms with Crippen molar-refractivity contribution in [3.8, 4) is 0 Å². The molecule has 0 radical (unpaired) electrons. The van der Waals surface area contributed by atoms with Crippen LogP contribution in [0, 0.1) is 11.8 Å². The van der Waals surface area contributed by atoms with Gasteiger partial charge in [-0.05, 0) is 33.1 Å². The number of hydrogen-bond donors (Lipinski definition) is 2. The Balaban J connectivity index is 4.04. The first kappa shape index (κ1) is 20.4. The number of ketones is 1. The van der Waals surface area contributed by atoms with Crippen LogP contribution in [0.4, 0.5) is 4.79 Å². The number of nitrogens with one attached hydrogen (secondary N) is 1. The van der Waals surface area contributed by atoms with Crippen LogP contribution in [-0.2, 0) is 14.3 Å². The van der Waals surface area contributed by atoms with Gasteiger partial charge in [-0.15, -0.1) is 0 Å². The van der Waals surface area contributed by atoms with Gasteiger partial charge in [0.05, 0.1) is 5.92 Å². The summed E-state index contributed by atoms with van der Waals surface area (Å²) in [4.78, 5) is 34.4. The van der Waals surface area contributed by atoms with E-state index < -0.39 is 23.6 Å². The Hall–Kier alpha value is -1.59. The molecule has 0 aromatic carbocycles. The van der Waals surface area contributed by atoms with Gasteiger partial charge in [0.2, 0.25) is 0 Å². The molecule has 0 aliphatic carbocycles. The number of carboxylic acids is 1. The largest absolute Gasteiger partial charge is 0.481 e. The summed E-state index contributed by atoms with van der Waals surface area (Å²) in [6, 6.07) is 0. The molecule has 2 N–H and O–H groups in total. The summed E-state index contributed by atoms with van der Waals surface area (Å²) in [6.45, 7) is 9.42. The lowest BCUT2D eigenvalue weighted by Crippen LogP contribution is -2.33. The molecule has 128 valence electrons. The molecule has 0 aromatic rings. The Kier molecular flexibility index (Phi) is 8.75. The highest BCUT2D eigenvalue weighted by Gasteiger charge is 2.25. The fourth-order valence-corrected chi connectivity index (χ4v) is 1.95. The Morgan fingerprint density at radius 3 is 2.27 bits per heavy atom. The molecule has 0 bridgehead atoms. The van der Waals surface area contributed by atoms with Crippen molar-refractivity contribution < 1.29 is 24.2 Å². The smallest absolute Gasteiger partial charge is 0.407 e. The van der Waals surface area contributed by atoms with Crippen LogP contribution in [0.15, 0.2) is 0 Å². The second kappa shape index (κ2) is 9.43. The van der Waals surface area contributed by atoms with E-state index in [4.69, 9.17) is 9.84 Å². The van der Waals surface area contributed by atoms with Crippen LogP contribution < -0.4 is 5.32 Å². The number of alkyl carbamates (subject to hydrolysis) is 1. The maximum absolute atomic E-state index is 11.8. The lowest BCUT2D eigenvalue weighted by molar-refractivity contribution is -0.145. The minimum atomic E-state index is -0.922. The van der Waals surface area contributed by atoms with Crippen LogP contribution in [0.25, 0.3) is 0 Å². The van der Waals surface area contributed by atoms with Crippen molar-refractivity contribution >= 4 is 17.8 Å². The topological polar surface area (TPSA) is 92.7 Å². The van der Waals surface area contributed by atoms with Crippen molar-refractivity contribution in [3.63, 3.8) is 0 Å². The fourth-order valence-electron chi connectivity index (χ4n) is 1.95. The Morgan fingerprint density at radius 1 is 1.23 bits per heavy atom. The third-order valence-corrected chi connectivity index (χ3v) is 3.40. The molecule has 0 spiro atoms.